The Morgan fingerprint density at radius 2 is 2.22 bits per heavy atom. The summed E-state index contributed by atoms with van der Waals surface area (Å²) >= 11 is 1.45. The number of hydrogen-bond acceptors (Lipinski definition) is 5. The van der Waals surface area contributed by atoms with Gasteiger partial charge in [-0.25, -0.2) is 9.37 Å². The zero-order valence-corrected chi connectivity index (χ0v) is 13.4. The molecule has 0 aliphatic heterocycles. The van der Waals surface area contributed by atoms with Crippen molar-refractivity contribution in [2.45, 2.75) is 19.6 Å². The van der Waals surface area contributed by atoms with Gasteiger partial charge >= 0.3 is 0 Å². The number of aromatic nitrogens is 2. The van der Waals surface area contributed by atoms with Crippen LogP contribution in [0.4, 0.5) is 4.39 Å². The van der Waals surface area contributed by atoms with Crippen molar-refractivity contribution in [1.29, 1.82) is 0 Å². The lowest BCUT2D eigenvalue weighted by Crippen LogP contribution is -2.23. The molecule has 1 atom stereocenters. The monoisotopic (exact) mass is 334 g/mol. The van der Waals surface area contributed by atoms with E-state index in [1.807, 2.05) is 6.92 Å². The van der Waals surface area contributed by atoms with Crippen molar-refractivity contribution in [1.82, 2.24) is 9.55 Å². The van der Waals surface area contributed by atoms with Crippen LogP contribution in [0.5, 0.6) is 5.75 Å². The molecule has 0 bridgehead atoms. The van der Waals surface area contributed by atoms with Gasteiger partial charge in [0.05, 0.1) is 31.5 Å². The lowest BCUT2D eigenvalue weighted by Gasteiger charge is -2.13. The van der Waals surface area contributed by atoms with E-state index in [1.54, 1.807) is 12.1 Å². The number of methoxy groups -OCH3 is 1. The Kier molecular flexibility index (Phi) is 4.14. The third kappa shape index (κ3) is 2.97. The molecule has 3 aromatic rings. The van der Waals surface area contributed by atoms with E-state index in [0.717, 1.165) is 4.88 Å². The fourth-order valence-electron chi connectivity index (χ4n) is 2.39. The van der Waals surface area contributed by atoms with Crippen molar-refractivity contribution in [3.63, 3.8) is 0 Å². The van der Waals surface area contributed by atoms with Crippen LogP contribution >= 0.6 is 11.3 Å². The van der Waals surface area contributed by atoms with E-state index in [4.69, 9.17) is 4.74 Å². The van der Waals surface area contributed by atoms with Gasteiger partial charge in [0.2, 0.25) is 0 Å². The maximum atomic E-state index is 13.7. The summed E-state index contributed by atoms with van der Waals surface area (Å²) in [4.78, 5) is 18.3. The predicted molar refractivity (Wildman–Crippen MR) is 86.5 cm³/mol. The normalized spacial score (nSPS) is 12.5. The number of aryl methyl sites for hydroxylation is 1. The van der Waals surface area contributed by atoms with Crippen molar-refractivity contribution >= 4 is 21.6 Å². The first kappa shape index (κ1) is 15.6. The summed E-state index contributed by atoms with van der Waals surface area (Å²) in [5, 5.41) is 10.8. The Morgan fingerprint density at radius 1 is 1.43 bits per heavy atom. The van der Waals surface area contributed by atoms with Crippen molar-refractivity contribution in [2.75, 3.05) is 7.11 Å². The molecule has 1 N–H and O–H groups in total. The number of ether oxygens (including phenoxy) is 1. The molecule has 0 amide bonds. The molecule has 7 heteroatoms. The molecule has 1 aromatic carbocycles. The van der Waals surface area contributed by atoms with Crippen LogP contribution in [-0.4, -0.2) is 21.8 Å². The number of hydrogen-bond donors (Lipinski definition) is 1. The van der Waals surface area contributed by atoms with Gasteiger partial charge in [0, 0.05) is 4.88 Å². The largest absolute Gasteiger partial charge is 0.494 e. The molecule has 0 saturated heterocycles. The molecular weight excluding hydrogens is 319 g/mol. The average molecular weight is 334 g/mol. The van der Waals surface area contributed by atoms with E-state index < -0.39 is 11.9 Å². The summed E-state index contributed by atoms with van der Waals surface area (Å²) in [7, 11) is 1.37. The highest BCUT2D eigenvalue weighted by molar-refractivity contribution is 7.18. The number of aliphatic hydroxyl groups excluding tert-OH is 1. The second kappa shape index (κ2) is 6.10. The highest BCUT2D eigenvalue weighted by Gasteiger charge is 2.14. The molecule has 0 saturated carbocycles. The van der Waals surface area contributed by atoms with Gasteiger partial charge in [0.25, 0.3) is 5.56 Å². The van der Waals surface area contributed by atoms with Crippen LogP contribution < -0.4 is 10.3 Å². The highest BCUT2D eigenvalue weighted by atomic mass is 32.1. The van der Waals surface area contributed by atoms with Crippen molar-refractivity contribution in [2.24, 2.45) is 0 Å². The summed E-state index contributed by atoms with van der Waals surface area (Å²) in [6.45, 7) is 1.91. The lowest BCUT2D eigenvalue weighted by atomic mass is 10.1. The first-order chi connectivity index (χ1) is 11.0. The summed E-state index contributed by atoms with van der Waals surface area (Å²) in [5.74, 6) is -0.451. The topological polar surface area (TPSA) is 64.3 Å². The summed E-state index contributed by atoms with van der Waals surface area (Å²) < 4.78 is 19.9. The number of fused-ring (bicyclic) bond motifs is 1. The molecule has 23 heavy (non-hydrogen) atoms. The zero-order chi connectivity index (χ0) is 16.6. The number of benzene rings is 1. The Balaban J connectivity index is 1.90. The molecule has 0 spiro atoms. The summed E-state index contributed by atoms with van der Waals surface area (Å²) in [6, 6.07) is 6.00. The molecule has 2 aromatic heterocycles. The van der Waals surface area contributed by atoms with E-state index in [-0.39, 0.29) is 17.9 Å². The van der Waals surface area contributed by atoms with Gasteiger partial charge in [0.1, 0.15) is 4.83 Å². The van der Waals surface area contributed by atoms with Crippen LogP contribution in [-0.2, 0) is 6.54 Å². The van der Waals surface area contributed by atoms with Gasteiger partial charge in [-0.1, -0.05) is 6.07 Å². The van der Waals surface area contributed by atoms with Gasteiger partial charge in [0.15, 0.2) is 11.6 Å². The van der Waals surface area contributed by atoms with Gasteiger partial charge in [-0.3, -0.25) is 9.36 Å². The van der Waals surface area contributed by atoms with Crippen LogP contribution in [0, 0.1) is 12.7 Å². The molecule has 3 rings (SSSR count). The predicted octanol–water partition coefficient (Wildman–Crippen LogP) is 2.65. The molecule has 0 aliphatic rings. The fraction of sp³-hybridized carbons (Fsp3) is 0.250. The van der Waals surface area contributed by atoms with Gasteiger partial charge in [-0.05, 0) is 30.7 Å². The fourth-order valence-corrected chi connectivity index (χ4v) is 3.23. The Hall–Kier alpha value is -2.25. The molecule has 0 aliphatic carbocycles. The average Bonchev–Trinajstić information content (AvgIpc) is 2.91. The maximum Gasteiger partial charge on any atom is 0.262 e. The molecule has 5 nitrogen and oxygen atoms in total. The smallest absolute Gasteiger partial charge is 0.262 e. The maximum absolute atomic E-state index is 13.7. The standard InChI is InChI=1S/C16H15FN2O3S/c1-9-5-11-15(23-9)18-8-19(16(11)21)7-13(20)10-3-4-14(22-2)12(17)6-10/h3-6,8,13,20H,7H2,1-2H3. The Morgan fingerprint density at radius 3 is 2.91 bits per heavy atom. The van der Waals surface area contributed by atoms with Crippen LogP contribution in [0.15, 0.2) is 35.4 Å². The first-order valence-electron chi connectivity index (χ1n) is 6.96. The van der Waals surface area contributed by atoms with E-state index in [1.165, 1.54) is 41.5 Å². The number of aliphatic hydroxyl groups is 1. The quantitative estimate of drug-likeness (QED) is 0.797. The van der Waals surface area contributed by atoms with Crippen molar-refractivity contribution in [3.05, 3.63) is 57.2 Å². The third-order valence-electron chi connectivity index (χ3n) is 3.57. The minimum Gasteiger partial charge on any atom is -0.494 e. The summed E-state index contributed by atoms with van der Waals surface area (Å²) in [5.41, 5.74) is 0.157. The number of halogens is 1. The first-order valence-corrected chi connectivity index (χ1v) is 7.78. The van der Waals surface area contributed by atoms with Crippen molar-refractivity contribution in [3.8, 4) is 5.75 Å². The molecule has 120 valence electrons. The number of thiophene rings is 1. The summed E-state index contributed by atoms with van der Waals surface area (Å²) in [6.07, 6.45) is 0.385. The van der Waals surface area contributed by atoms with Crippen LogP contribution in [0.3, 0.4) is 0 Å². The van der Waals surface area contributed by atoms with E-state index >= 15 is 0 Å². The number of rotatable bonds is 4. The second-order valence-electron chi connectivity index (χ2n) is 5.19. The minimum absolute atomic E-state index is 0.00242. The molecule has 0 fully saturated rings. The lowest BCUT2D eigenvalue weighted by molar-refractivity contribution is 0.154. The van der Waals surface area contributed by atoms with Gasteiger partial charge in [-0.2, -0.15) is 0 Å². The minimum atomic E-state index is -1.02. The van der Waals surface area contributed by atoms with Crippen LogP contribution in [0.25, 0.3) is 10.2 Å². The van der Waals surface area contributed by atoms with Gasteiger partial charge in [-0.15, -0.1) is 11.3 Å². The molecule has 1 unspecified atom stereocenters. The molecule has 2 heterocycles. The van der Waals surface area contributed by atoms with E-state index in [2.05, 4.69) is 4.98 Å². The van der Waals surface area contributed by atoms with E-state index in [9.17, 15) is 14.3 Å². The Labute approximate surface area is 135 Å². The zero-order valence-electron chi connectivity index (χ0n) is 12.6. The second-order valence-corrected chi connectivity index (χ2v) is 6.42. The van der Waals surface area contributed by atoms with Crippen molar-refractivity contribution < 1.29 is 14.2 Å². The highest BCUT2D eigenvalue weighted by Crippen LogP contribution is 2.23. The van der Waals surface area contributed by atoms with Crippen LogP contribution in [0.2, 0.25) is 0 Å². The Bertz CT molecular complexity index is 919. The SMILES string of the molecule is COc1ccc(C(O)Cn2cnc3sc(C)cc3c2=O)cc1F. The number of nitrogens with zero attached hydrogens (tertiary/aromatic N) is 2. The molecule has 0 radical (unpaired) electrons. The van der Waals surface area contributed by atoms with Crippen LogP contribution in [0.1, 0.15) is 16.5 Å². The third-order valence-corrected chi connectivity index (χ3v) is 4.53. The molecular formula is C16H15FN2O3S. The van der Waals surface area contributed by atoms with E-state index in [0.29, 0.717) is 15.8 Å². The van der Waals surface area contributed by atoms with Gasteiger partial charge < -0.3 is 9.84 Å².